The predicted molar refractivity (Wildman–Crippen MR) is 61.6 cm³/mol. The third kappa shape index (κ3) is 1.13. The Morgan fingerprint density at radius 1 is 1.00 bits per heavy atom. The Morgan fingerprint density at radius 2 is 1.73 bits per heavy atom. The number of fused-ring (bicyclic) bond motifs is 3. The number of imidazole rings is 1. The molecule has 0 aliphatic rings. The summed E-state index contributed by atoms with van der Waals surface area (Å²) < 4.78 is 0.465. The molecular formula is C10H7N3OS. The molecule has 0 aliphatic carbocycles. The second-order valence-electron chi connectivity index (χ2n) is 3.33. The number of aromatic amines is 3. The van der Waals surface area contributed by atoms with Crippen molar-refractivity contribution in [1.29, 1.82) is 0 Å². The van der Waals surface area contributed by atoms with E-state index in [1.807, 2.05) is 24.3 Å². The fraction of sp³-hybridized carbons (Fsp3) is 0. The van der Waals surface area contributed by atoms with Gasteiger partial charge in [-0.25, -0.2) is 0 Å². The lowest BCUT2D eigenvalue weighted by Gasteiger charge is -1.97. The van der Waals surface area contributed by atoms with Gasteiger partial charge in [0.25, 0.3) is 5.56 Å². The maximum atomic E-state index is 11.7. The first-order valence-electron chi connectivity index (χ1n) is 4.49. The number of benzene rings is 1. The summed E-state index contributed by atoms with van der Waals surface area (Å²) in [7, 11) is 0. The SMILES string of the molecule is O=c1[nH]c2ccccc2c2[nH]c(=S)[nH]c12. The van der Waals surface area contributed by atoms with Crippen LogP contribution < -0.4 is 5.56 Å². The number of para-hydroxylation sites is 1. The summed E-state index contributed by atoms with van der Waals surface area (Å²) in [5, 5.41) is 0.958. The predicted octanol–water partition coefficient (Wildman–Crippen LogP) is 2.07. The molecule has 5 heteroatoms. The molecule has 0 saturated carbocycles. The van der Waals surface area contributed by atoms with Gasteiger partial charge in [0.15, 0.2) is 4.77 Å². The van der Waals surface area contributed by atoms with Crippen LogP contribution in [0, 0.1) is 4.77 Å². The Hall–Kier alpha value is -1.88. The van der Waals surface area contributed by atoms with Crippen LogP contribution >= 0.6 is 12.2 Å². The van der Waals surface area contributed by atoms with Crippen LogP contribution in [0.1, 0.15) is 0 Å². The minimum atomic E-state index is -0.156. The van der Waals surface area contributed by atoms with Crippen LogP contribution in [0.2, 0.25) is 0 Å². The zero-order chi connectivity index (χ0) is 10.4. The van der Waals surface area contributed by atoms with E-state index in [1.165, 1.54) is 0 Å². The van der Waals surface area contributed by atoms with Gasteiger partial charge in [0.2, 0.25) is 0 Å². The number of H-pyrrole nitrogens is 3. The molecule has 3 rings (SSSR count). The van der Waals surface area contributed by atoms with E-state index in [4.69, 9.17) is 12.2 Å². The minimum Gasteiger partial charge on any atom is -0.330 e. The van der Waals surface area contributed by atoms with Gasteiger partial charge in [-0.1, -0.05) is 18.2 Å². The van der Waals surface area contributed by atoms with Gasteiger partial charge < -0.3 is 15.0 Å². The van der Waals surface area contributed by atoms with Crippen LogP contribution in [0.5, 0.6) is 0 Å². The van der Waals surface area contributed by atoms with Crippen LogP contribution in [0.15, 0.2) is 29.1 Å². The quantitative estimate of drug-likeness (QED) is 0.505. The summed E-state index contributed by atoms with van der Waals surface area (Å²) in [4.78, 5) is 20.3. The fourth-order valence-electron chi connectivity index (χ4n) is 1.75. The summed E-state index contributed by atoms with van der Waals surface area (Å²) in [6.45, 7) is 0. The van der Waals surface area contributed by atoms with Crippen molar-refractivity contribution >= 4 is 34.2 Å². The van der Waals surface area contributed by atoms with E-state index >= 15 is 0 Å². The number of aromatic nitrogens is 3. The van der Waals surface area contributed by atoms with Crippen molar-refractivity contribution in [2.75, 3.05) is 0 Å². The molecule has 3 aromatic rings. The largest absolute Gasteiger partial charge is 0.330 e. The lowest BCUT2D eigenvalue weighted by Crippen LogP contribution is -2.05. The number of pyridine rings is 1. The van der Waals surface area contributed by atoms with Gasteiger partial charge in [-0.15, -0.1) is 0 Å². The van der Waals surface area contributed by atoms with E-state index in [1.54, 1.807) is 0 Å². The van der Waals surface area contributed by atoms with Crippen LogP contribution in [0.4, 0.5) is 0 Å². The molecule has 0 amide bonds. The molecule has 74 valence electrons. The zero-order valence-electron chi connectivity index (χ0n) is 7.63. The lowest BCUT2D eigenvalue weighted by atomic mass is 10.2. The molecule has 4 nitrogen and oxygen atoms in total. The Morgan fingerprint density at radius 3 is 2.60 bits per heavy atom. The van der Waals surface area contributed by atoms with Crippen LogP contribution in [0.25, 0.3) is 21.9 Å². The molecule has 3 N–H and O–H groups in total. The highest BCUT2D eigenvalue weighted by molar-refractivity contribution is 7.71. The summed E-state index contributed by atoms with van der Waals surface area (Å²) in [5.74, 6) is 0. The average molecular weight is 217 g/mol. The highest BCUT2D eigenvalue weighted by atomic mass is 32.1. The van der Waals surface area contributed by atoms with E-state index in [-0.39, 0.29) is 5.56 Å². The molecule has 0 unspecified atom stereocenters. The smallest absolute Gasteiger partial charge is 0.274 e. The average Bonchev–Trinajstić information content (AvgIpc) is 2.61. The van der Waals surface area contributed by atoms with Gasteiger partial charge in [-0.3, -0.25) is 4.79 Å². The van der Waals surface area contributed by atoms with Gasteiger partial charge >= 0.3 is 0 Å². The van der Waals surface area contributed by atoms with E-state index in [0.29, 0.717) is 10.3 Å². The molecule has 0 atom stereocenters. The van der Waals surface area contributed by atoms with Crippen molar-refractivity contribution in [2.45, 2.75) is 0 Å². The van der Waals surface area contributed by atoms with Crippen LogP contribution in [-0.2, 0) is 0 Å². The van der Waals surface area contributed by atoms with E-state index in [2.05, 4.69) is 15.0 Å². The Labute approximate surface area is 89.0 Å². The number of hydrogen-bond donors (Lipinski definition) is 3. The Balaban J connectivity index is 2.75. The molecule has 1 aromatic carbocycles. The molecule has 0 spiro atoms. The molecular weight excluding hydrogens is 210 g/mol. The summed E-state index contributed by atoms with van der Waals surface area (Å²) in [6.07, 6.45) is 0. The lowest BCUT2D eigenvalue weighted by molar-refractivity contribution is 1.28. The first kappa shape index (κ1) is 8.43. The number of nitrogens with one attached hydrogen (secondary N) is 3. The van der Waals surface area contributed by atoms with Crippen molar-refractivity contribution in [1.82, 2.24) is 15.0 Å². The van der Waals surface area contributed by atoms with Gasteiger partial charge in [0.1, 0.15) is 5.52 Å². The molecule has 0 aliphatic heterocycles. The van der Waals surface area contributed by atoms with Crippen molar-refractivity contribution in [2.24, 2.45) is 0 Å². The highest BCUT2D eigenvalue weighted by Gasteiger charge is 2.05. The van der Waals surface area contributed by atoms with Gasteiger partial charge in [-0.2, -0.15) is 0 Å². The highest BCUT2D eigenvalue weighted by Crippen LogP contribution is 2.17. The molecule has 2 heterocycles. The van der Waals surface area contributed by atoms with E-state index in [9.17, 15) is 4.79 Å². The van der Waals surface area contributed by atoms with Gasteiger partial charge in [-0.05, 0) is 18.3 Å². The van der Waals surface area contributed by atoms with Crippen molar-refractivity contribution in [3.63, 3.8) is 0 Å². The molecule has 0 fully saturated rings. The summed E-state index contributed by atoms with van der Waals surface area (Å²) in [6, 6.07) is 7.60. The summed E-state index contributed by atoms with van der Waals surface area (Å²) in [5.41, 5.74) is 1.91. The molecule has 15 heavy (non-hydrogen) atoms. The normalized spacial score (nSPS) is 11.2. The van der Waals surface area contributed by atoms with Gasteiger partial charge in [0.05, 0.1) is 11.0 Å². The number of hydrogen-bond acceptors (Lipinski definition) is 2. The monoisotopic (exact) mass is 217 g/mol. The molecule has 2 aromatic heterocycles. The molecule has 0 bridgehead atoms. The third-order valence-corrected chi connectivity index (χ3v) is 2.60. The Kier molecular flexibility index (Phi) is 1.58. The molecule has 0 saturated heterocycles. The van der Waals surface area contributed by atoms with Crippen molar-refractivity contribution < 1.29 is 0 Å². The summed E-state index contributed by atoms with van der Waals surface area (Å²) >= 11 is 4.97. The van der Waals surface area contributed by atoms with Crippen LogP contribution in [-0.4, -0.2) is 15.0 Å². The second kappa shape index (κ2) is 2.80. The van der Waals surface area contributed by atoms with E-state index < -0.39 is 0 Å². The topological polar surface area (TPSA) is 64.4 Å². The minimum absolute atomic E-state index is 0.156. The second-order valence-corrected chi connectivity index (χ2v) is 3.74. The van der Waals surface area contributed by atoms with Crippen molar-refractivity contribution in [3.8, 4) is 0 Å². The zero-order valence-corrected chi connectivity index (χ0v) is 8.44. The first-order chi connectivity index (χ1) is 7.25. The number of rotatable bonds is 0. The Bertz CT molecular complexity index is 765. The van der Waals surface area contributed by atoms with Crippen LogP contribution in [0.3, 0.4) is 0 Å². The fourth-order valence-corrected chi connectivity index (χ4v) is 1.95. The maximum absolute atomic E-state index is 11.7. The molecule has 0 radical (unpaired) electrons. The van der Waals surface area contributed by atoms with E-state index in [0.717, 1.165) is 16.4 Å². The van der Waals surface area contributed by atoms with Gasteiger partial charge in [0, 0.05) is 5.39 Å². The third-order valence-electron chi connectivity index (χ3n) is 2.40. The standard InChI is InChI=1S/C10H7N3OS/c14-9-8-7(12-10(15)13-8)5-3-1-2-4-6(5)11-9/h1-4H,(H,11,14)(H2,12,13,15). The van der Waals surface area contributed by atoms with Crippen molar-refractivity contribution in [3.05, 3.63) is 39.4 Å². The maximum Gasteiger partial charge on any atom is 0.274 e. The first-order valence-corrected chi connectivity index (χ1v) is 4.89.